The Bertz CT molecular complexity index is 479. The van der Waals surface area contributed by atoms with Crippen LogP contribution in [0.1, 0.15) is 31.4 Å². The SMILES string of the molecule is Cc1cccc(N2CC(C(=O)O)CC2(C)C)c1C. The Balaban J connectivity index is 2.38. The summed E-state index contributed by atoms with van der Waals surface area (Å²) in [5.74, 6) is -0.948. The van der Waals surface area contributed by atoms with Crippen LogP contribution in [0, 0.1) is 19.8 Å². The fourth-order valence-corrected chi connectivity index (χ4v) is 2.86. The fourth-order valence-electron chi connectivity index (χ4n) is 2.86. The maximum atomic E-state index is 11.2. The number of hydrogen-bond donors (Lipinski definition) is 1. The molecular formula is C15H21NO2. The number of aryl methyl sites for hydroxylation is 1. The highest BCUT2D eigenvalue weighted by atomic mass is 16.4. The second-order valence-electron chi connectivity index (χ2n) is 5.88. The minimum Gasteiger partial charge on any atom is -0.481 e. The highest BCUT2D eigenvalue weighted by molar-refractivity contribution is 5.73. The maximum Gasteiger partial charge on any atom is 0.308 e. The summed E-state index contributed by atoms with van der Waals surface area (Å²) in [7, 11) is 0. The van der Waals surface area contributed by atoms with E-state index in [0.717, 1.165) is 0 Å². The van der Waals surface area contributed by atoms with Gasteiger partial charge in [-0.1, -0.05) is 12.1 Å². The first-order valence-corrected chi connectivity index (χ1v) is 6.39. The first-order valence-electron chi connectivity index (χ1n) is 6.39. The monoisotopic (exact) mass is 247 g/mol. The quantitative estimate of drug-likeness (QED) is 0.873. The van der Waals surface area contributed by atoms with Gasteiger partial charge >= 0.3 is 5.97 Å². The second kappa shape index (κ2) is 4.30. The van der Waals surface area contributed by atoms with Crippen LogP contribution in [0.4, 0.5) is 5.69 Å². The van der Waals surface area contributed by atoms with Gasteiger partial charge in [-0.2, -0.15) is 0 Å². The molecule has 0 saturated carbocycles. The van der Waals surface area contributed by atoms with Crippen molar-refractivity contribution in [1.29, 1.82) is 0 Å². The van der Waals surface area contributed by atoms with Crippen molar-refractivity contribution in [3.8, 4) is 0 Å². The lowest BCUT2D eigenvalue weighted by molar-refractivity contribution is -0.141. The molecule has 1 aliphatic rings. The van der Waals surface area contributed by atoms with Crippen molar-refractivity contribution >= 4 is 11.7 Å². The summed E-state index contributed by atoms with van der Waals surface area (Å²) >= 11 is 0. The summed E-state index contributed by atoms with van der Waals surface area (Å²) in [4.78, 5) is 13.4. The topological polar surface area (TPSA) is 40.5 Å². The molecule has 1 fully saturated rings. The van der Waals surface area contributed by atoms with Gasteiger partial charge in [0, 0.05) is 17.8 Å². The fraction of sp³-hybridized carbons (Fsp3) is 0.533. The highest BCUT2D eigenvalue weighted by Crippen LogP contribution is 2.38. The third-order valence-electron chi connectivity index (χ3n) is 4.10. The predicted molar refractivity (Wildman–Crippen MR) is 73.1 cm³/mol. The molecular weight excluding hydrogens is 226 g/mol. The molecule has 0 spiro atoms. The largest absolute Gasteiger partial charge is 0.481 e. The zero-order valence-electron chi connectivity index (χ0n) is 11.5. The van der Waals surface area contributed by atoms with E-state index in [1.807, 2.05) is 6.07 Å². The number of nitrogens with zero attached hydrogens (tertiary/aromatic N) is 1. The molecule has 0 bridgehead atoms. The molecule has 1 aromatic rings. The van der Waals surface area contributed by atoms with E-state index < -0.39 is 5.97 Å². The average Bonchev–Trinajstić information content (AvgIpc) is 2.59. The lowest BCUT2D eigenvalue weighted by Crippen LogP contribution is -2.38. The number of benzene rings is 1. The van der Waals surface area contributed by atoms with Crippen LogP contribution in [0.2, 0.25) is 0 Å². The van der Waals surface area contributed by atoms with Gasteiger partial charge in [0.1, 0.15) is 0 Å². The van der Waals surface area contributed by atoms with Crippen LogP contribution in [0.25, 0.3) is 0 Å². The summed E-state index contributed by atoms with van der Waals surface area (Å²) in [6.45, 7) is 9.05. The van der Waals surface area contributed by atoms with E-state index in [0.29, 0.717) is 13.0 Å². The Morgan fingerprint density at radius 1 is 1.39 bits per heavy atom. The molecule has 3 heteroatoms. The van der Waals surface area contributed by atoms with Crippen LogP contribution < -0.4 is 4.90 Å². The minimum atomic E-state index is -0.684. The van der Waals surface area contributed by atoms with E-state index in [1.165, 1.54) is 16.8 Å². The summed E-state index contributed by atoms with van der Waals surface area (Å²) < 4.78 is 0. The number of aliphatic carboxylic acids is 1. The Morgan fingerprint density at radius 2 is 2.06 bits per heavy atom. The molecule has 1 N–H and O–H groups in total. The van der Waals surface area contributed by atoms with Crippen LogP contribution in [-0.4, -0.2) is 23.2 Å². The number of carboxylic acids is 1. The summed E-state index contributed by atoms with van der Waals surface area (Å²) in [6, 6.07) is 6.23. The van der Waals surface area contributed by atoms with Gasteiger partial charge < -0.3 is 10.0 Å². The van der Waals surface area contributed by atoms with Gasteiger partial charge in [-0.3, -0.25) is 4.79 Å². The Kier molecular flexibility index (Phi) is 3.09. The molecule has 1 saturated heterocycles. The smallest absolute Gasteiger partial charge is 0.308 e. The molecule has 1 aromatic carbocycles. The normalized spacial score (nSPS) is 22.2. The zero-order chi connectivity index (χ0) is 13.5. The predicted octanol–water partition coefficient (Wildman–Crippen LogP) is 2.99. The van der Waals surface area contributed by atoms with E-state index in [-0.39, 0.29) is 11.5 Å². The molecule has 1 aliphatic heterocycles. The van der Waals surface area contributed by atoms with E-state index in [9.17, 15) is 9.90 Å². The van der Waals surface area contributed by atoms with Crippen LogP contribution in [0.15, 0.2) is 18.2 Å². The molecule has 1 unspecified atom stereocenters. The van der Waals surface area contributed by atoms with Crippen LogP contribution in [0.3, 0.4) is 0 Å². The highest BCUT2D eigenvalue weighted by Gasteiger charge is 2.42. The molecule has 18 heavy (non-hydrogen) atoms. The number of anilines is 1. The van der Waals surface area contributed by atoms with Crippen molar-refractivity contribution in [2.45, 2.75) is 39.7 Å². The van der Waals surface area contributed by atoms with Gasteiger partial charge in [0.25, 0.3) is 0 Å². The Hall–Kier alpha value is -1.51. The standard InChI is InChI=1S/C15H21NO2/c1-10-6-5-7-13(11(10)2)16-9-12(14(17)18)8-15(16,3)4/h5-7,12H,8-9H2,1-4H3,(H,17,18). The number of carboxylic acid groups (broad SMARTS) is 1. The molecule has 0 radical (unpaired) electrons. The number of hydrogen-bond acceptors (Lipinski definition) is 2. The molecule has 0 aromatic heterocycles. The van der Waals surface area contributed by atoms with Crippen molar-refractivity contribution in [2.24, 2.45) is 5.92 Å². The Labute approximate surface area is 108 Å². The van der Waals surface area contributed by atoms with Crippen molar-refractivity contribution in [3.05, 3.63) is 29.3 Å². The molecule has 1 atom stereocenters. The number of carbonyl (C=O) groups is 1. The van der Waals surface area contributed by atoms with Crippen molar-refractivity contribution in [1.82, 2.24) is 0 Å². The first-order chi connectivity index (χ1) is 8.33. The summed E-state index contributed by atoms with van der Waals surface area (Å²) in [6.07, 6.45) is 0.704. The van der Waals surface area contributed by atoms with Crippen LogP contribution in [0.5, 0.6) is 0 Å². The lowest BCUT2D eigenvalue weighted by atomic mass is 9.96. The number of rotatable bonds is 2. The summed E-state index contributed by atoms with van der Waals surface area (Å²) in [5, 5.41) is 9.21. The maximum absolute atomic E-state index is 11.2. The van der Waals surface area contributed by atoms with Crippen molar-refractivity contribution in [2.75, 3.05) is 11.4 Å². The van der Waals surface area contributed by atoms with Gasteiger partial charge in [-0.25, -0.2) is 0 Å². The van der Waals surface area contributed by atoms with E-state index in [1.54, 1.807) is 0 Å². The second-order valence-corrected chi connectivity index (χ2v) is 5.88. The van der Waals surface area contributed by atoms with Gasteiger partial charge in [-0.15, -0.1) is 0 Å². The molecule has 0 amide bonds. The van der Waals surface area contributed by atoms with Gasteiger partial charge in [0.2, 0.25) is 0 Å². The van der Waals surface area contributed by atoms with E-state index in [4.69, 9.17) is 0 Å². The van der Waals surface area contributed by atoms with Crippen molar-refractivity contribution < 1.29 is 9.90 Å². The molecule has 0 aliphatic carbocycles. The van der Waals surface area contributed by atoms with Crippen LogP contribution in [-0.2, 0) is 4.79 Å². The third-order valence-corrected chi connectivity index (χ3v) is 4.10. The van der Waals surface area contributed by atoms with Gasteiger partial charge in [-0.05, 0) is 51.3 Å². The summed E-state index contributed by atoms with van der Waals surface area (Å²) in [5.41, 5.74) is 3.57. The molecule has 3 nitrogen and oxygen atoms in total. The van der Waals surface area contributed by atoms with E-state index >= 15 is 0 Å². The molecule has 1 heterocycles. The Morgan fingerprint density at radius 3 is 2.61 bits per heavy atom. The van der Waals surface area contributed by atoms with Gasteiger partial charge in [0.05, 0.1) is 5.92 Å². The first kappa shape index (κ1) is 12.9. The average molecular weight is 247 g/mol. The zero-order valence-corrected chi connectivity index (χ0v) is 11.5. The van der Waals surface area contributed by atoms with Gasteiger partial charge in [0.15, 0.2) is 0 Å². The molecule has 2 rings (SSSR count). The van der Waals surface area contributed by atoms with E-state index in [2.05, 4.69) is 44.7 Å². The minimum absolute atomic E-state index is 0.0956. The van der Waals surface area contributed by atoms with Crippen LogP contribution >= 0.6 is 0 Å². The van der Waals surface area contributed by atoms with Crippen molar-refractivity contribution in [3.63, 3.8) is 0 Å². The molecule has 98 valence electrons. The lowest BCUT2D eigenvalue weighted by Gasteiger charge is -2.35. The third kappa shape index (κ3) is 2.09.